The summed E-state index contributed by atoms with van der Waals surface area (Å²) in [6, 6.07) is 5.07. The van der Waals surface area contributed by atoms with Crippen molar-refractivity contribution in [2.24, 2.45) is 5.73 Å². The number of hydrogen-bond acceptors (Lipinski definition) is 3. The lowest BCUT2D eigenvalue weighted by Crippen LogP contribution is -2.17. The quantitative estimate of drug-likeness (QED) is 0.736. The summed E-state index contributed by atoms with van der Waals surface area (Å²) in [6.45, 7) is 0. The molecule has 1 heterocycles. The van der Waals surface area contributed by atoms with Crippen LogP contribution in [0, 0.1) is 0 Å². The summed E-state index contributed by atoms with van der Waals surface area (Å²) in [5.41, 5.74) is 6.31. The summed E-state index contributed by atoms with van der Waals surface area (Å²) >= 11 is 14.2. The van der Waals surface area contributed by atoms with E-state index in [0.29, 0.717) is 26.4 Å². The molecule has 0 saturated heterocycles. The summed E-state index contributed by atoms with van der Waals surface area (Å²) in [5.74, 6) is -0.0402. The molecule has 1 aromatic heterocycles. The topological polar surface area (TPSA) is 83.8 Å². The van der Waals surface area contributed by atoms with Crippen molar-refractivity contribution in [3.05, 3.63) is 45.0 Å². The van der Waals surface area contributed by atoms with Gasteiger partial charge in [-0.05, 0) is 28.1 Å². The number of nitrogens with one attached hydrogen (secondary N) is 2. The van der Waals surface area contributed by atoms with Gasteiger partial charge in [-0.25, -0.2) is 0 Å². The van der Waals surface area contributed by atoms with E-state index in [1.165, 1.54) is 6.20 Å². The third-order valence-corrected chi connectivity index (χ3v) is 3.86. The van der Waals surface area contributed by atoms with Crippen LogP contribution >= 0.6 is 39.7 Å². The molecule has 4 N–H and O–H groups in total. The van der Waals surface area contributed by atoms with Gasteiger partial charge in [0, 0.05) is 4.47 Å². The average molecular weight is 360 g/mol. The third kappa shape index (κ3) is 2.94. The Morgan fingerprint density at radius 3 is 2.89 bits per heavy atom. The van der Waals surface area contributed by atoms with E-state index >= 15 is 0 Å². The second-order valence-corrected chi connectivity index (χ2v) is 5.25. The van der Waals surface area contributed by atoms with Gasteiger partial charge < -0.3 is 11.1 Å². The molecule has 0 spiro atoms. The van der Waals surface area contributed by atoms with Crippen molar-refractivity contribution in [1.82, 2.24) is 10.2 Å². The van der Waals surface area contributed by atoms with Crippen LogP contribution in [0.15, 0.2) is 28.9 Å². The van der Waals surface area contributed by atoms with E-state index in [1.807, 2.05) is 0 Å². The van der Waals surface area contributed by atoms with E-state index < -0.39 is 0 Å². The molecule has 2 aromatic rings. The Morgan fingerprint density at radius 1 is 1.47 bits per heavy atom. The number of carbonyl (C=O) groups excluding carboxylic acids is 1. The first-order valence-electron chi connectivity index (χ1n) is 5.09. The van der Waals surface area contributed by atoms with Gasteiger partial charge in [-0.2, -0.15) is 5.10 Å². The predicted octanol–water partition coefficient (Wildman–Crippen LogP) is 2.71. The molecule has 0 fully saturated rings. The Kier molecular flexibility index (Phi) is 4.18. The van der Waals surface area contributed by atoms with Crippen LogP contribution in [0.4, 0.5) is 5.82 Å². The second kappa shape index (κ2) is 5.68. The normalized spacial score (nSPS) is 10.2. The van der Waals surface area contributed by atoms with Gasteiger partial charge in [0.25, 0.3) is 5.91 Å². The first-order chi connectivity index (χ1) is 9.00. The van der Waals surface area contributed by atoms with Crippen LogP contribution in [-0.4, -0.2) is 21.1 Å². The number of anilines is 1. The fourth-order valence-electron chi connectivity index (χ4n) is 1.43. The summed E-state index contributed by atoms with van der Waals surface area (Å²) in [5, 5.41) is 9.35. The van der Waals surface area contributed by atoms with E-state index in [2.05, 4.69) is 31.4 Å². The summed E-state index contributed by atoms with van der Waals surface area (Å²) in [4.78, 5) is 12.3. The van der Waals surface area contributed by atoms with Crippen molar-refractivity contribution in [3.63, 3.8) is 0 Å². The molecule has 98 valence electrons. The van der Waals surface area contributed by atoms with Crippen molar-refractivity contribution >= 4 is 56.5 Å². The summed E-state index contributed by atoms with van der Waals surface area (Å²) < 4.78 is 0.640. The van der Waals surface area contributed by atoms with Gasteiger partial charge in [-0.3, -0.25) is 9.89 Å². The first kappa shape index (κ1) is 14.0. The Bertz CT molecular complexity index is 658. The maximum absolute atomic E-state index is 12.1. The molecule has 0 unspecified atom stereocenters. The number of thiocarbonyl (C=S) groups is 1. The van der Waals surface area contributed by atoms with Crippen LogP contribution in [0.2, 0.25) is 5.02 Å². The number of benzene rings is 1. The highest BCUT2D eigenvalue weighted by molar-refractivity contribution is 9.10. The third-order valence-electron chi connectivity index (χ3n) is 2.34. The SMILES string of the molecule is NC(=S)c1cn[nH]c1NC(=O)c1cccc(Br)c1Cl. The van der Waals surface area contributed by atoms with Gasteiger partial charge in [0.2, 0.25) is 0 Å². The largest absolute Gasteiger partial charge is 0.389 e. The highest BCUT2D eigenvalue weighted by Crippen LogP contribution is 2.26. The Hall–Kier alpha value is -1.44. The number of amides is 1. The molecule has 19 heavy (non-hydrogen) atoms. The fraction of sp³-hybridized carbons (Fsp3) is 0. The lowest BCUT2D eigenvalue weighted by atomic mass is 10.2. The molecule has 0 aliphatic heterocycles. The number of carbonyl (C=O) groups is 1. The molecule has 1 aromatic carbocycles. The zero-order valence-electron chi connectivity index (χ0n) is 9.41. The molecular formula is C11H8BrClN4OS. The molecule has 8 heteroatoms. The van der Waals surface area contributed by atoms with Crippen molar-refractivity contribution in [1.29, 1.82) is 0 Å². The molecule has 0 atom stereocenters. The van der Waals surface area contributed by atoms with E-state index in [9.17, 15) is 4.79 Å². The van der Waals surface area contributed by atoms with Gasteiger partial charge in [-0.1, -0.05) is 29.9 Å². The smallest absolute Gasteiger partial charge is 0.258 e. The zero-order chi connectivity index (χ0) is 14.0. The van der Waals surface area contributed by atoms with Crippen molar-refractivity contribution in [2.45, 2.75) is 0 Å². The Morgan fingerprint density at radius 2 is 2.21 bits per heavy atom. The average Bonchev–Trinajstić information content (AvgIpc) is 2.80. The number of nitrogens with two attached hydrogens (primary N) is 1. The van der Waals surface area contributed by atoms with Gasteiger partial charge in [0.1, 0.15) is 10.8 Å². The van der Waals surface area contributed by atoms with Crippen LogP contribution in [-0.2, 0) is 0 Å². The second-order valence-electron chi connectivity index (χ2n) is 3.58. The molecule has 1 amide bonds. The maximum Gasteiger partial charge on any atom is 0.258 e. The van der Waals surface area contributed by atoms with Gasteiger partial charge >= 0.3 is 0 Å². The Balaban J connectivity index is 2.29. The maximum atomic E-state index is 12.1. The highest BCUT2D eigenvalue weighted by atomic mass is 79.9. The van der Waals surface area contributed by atoms with Crippen molar-refractivity contribution in [2.75, 3.05) is 5.32 Å². The lowest BCUT2D eigenvalue weighted by molar-refractivity contribution is 0.102. The first-order valence-corrected chi connectivity index (χ1v) is 6.67. The molecule has 0 radical (unpaired) electrons. The molecule has 0 aliphatic carbocycles. The highest BCUT2D eigenvalue weighted by Gasteiger charge is 2.15. The number of rotatable bonds is 3. The summed E-state index contributed by atoms with van der Waals surface area (Å²) in [7, 11) is 0. The van der Waals surface area contributed by atoms with Crippen LogP contribution in [0.5, 0.6) is 0 Å². The van der Waals surface area contributed by atoms with E-state index in [4.69, 9.17) is 29.6 Å². The van der Waals surface area contributed by atoms with E-state index in [-0.39, 0.29) is 10.9 Å². The van der Waals surface area contributed by atoms with E-state index in [1.54, 1.807) is 18.2 Å². The Labute approximate surface area is 127 Å². The molecular weight excluding hydrogens is 352 g/mol. The number of hydrogen-bond donors (Lipinski definition) is 3. The van der Waals surface area contributed by atoms with Crippen LogP contribution in [0.25, 0.3) is 0 Å². The molecule has 0 saturated carbocycles. The van der Waals surface area contributed by atoms with E-state index in [0.717, 1.165) is 0 Å². The summed E-state index contributed by atoms with van der Waals surface area (Å²) in [6.07, 6.45) is 1.44. The monoisotopic (exact) mass is 358 g/mol. The van der Waals surface area contributed by atoms with Gasteiger partial charge in [-0.15, -0.1) is 0 Å². The number of aromatic nitrogens is 2. The number of H-pyrrole nitrogens is 1. The zero-order valence-corrected chi connectivity index (χ0v) is 12.6. The van der Waals surface area contributed by atoms with Crippen LogP contribution in [0.3, 0.4) is 0 Å². The molecule has 0 bridgehead atoms. The molecule has 0 aliphatic rings. The minimum absolute atomic E-state index is 0.143. The predicted molar refractivity (Wildman–Crippen MR) is 81.6 cm³/mol. The molecule has 2 rings (SSSR count). The van der Waals surface area contributed by atoms with Gasteiger partial charge in [0.05, 0.1) is 22.3 Å². The lowest BCUT2D eigenvalue weighted by Gasteiger charge is -2.07. The fourth-order valence-corrected chi connectivity index (χ4v) is 2.16. The van der Waals surface area contributed by atoms with Crippen LogP contribution in [0.1, 0.15) is 15.9 Å². The number of halogens is 2. The minimum Gasteiger partial charge on any atom is -0.389 e. The standard InChI is InChI=1S/C11H8BrClN4OS/c12-7-3-1-2-5(8(7)13)11(18)16-10-6(9(14)19)4-15-17-10/h1-4H,(H2,14,19)(H2,15,16,17,18). The van der Waals surface area contributed by atoms with Crippen molar-refractivity contribution in [3.8, 4) is 0 Å². The van der Waals surface area contributed by atoms with Crippen molar-refractivity contribution < 1.29 is 4.79 Å². The number of nitrogens with zero attached hydrogens (tertiary/aromatic N) is 1. The van der Waals surface area contributed by atoms with Crippen LogP contribution < -0.4 is 11.1 Å². The minimum atomic E-state index is -0.381. The van der Waals surface area contributed by atoms with Gasteiger partial charge in [0.15, 0.2) is 0 Å². The number of aromatic amines is 1. The molecule has 5 nitrogen and oxygen atoms in total.